The molecule has 0 unspecified atom stereocenters. The third-order valence-corrected chi connectivity index (χ3v) is 3.85. The Balaban J connectivity index is 2.15. The predicted molar refractivity (Wildman–Crippen MR) is 70.8 cm³/mol. The van der Waals surface area contributed by atoms with Crippen LogP contribution in [0.4, 0.5) is 0 Å². The van der Waals surface area contributed by atoms with Crippen molar-refractivity contribution in [2.45, 2.75) is 19.8 Å². The highest BCUT2D eigenvalue weighted by atomic mass is 35.5. The van der Waals surface area contributed by atoms with Gasteiger partial charge in [-0.05, 0) is 37.0 Å². The first-order valence-electron chi connectivity index (χ1n) is 5.82. The molecular formula is C13H15Cl2NO. The molecule has 17 heavy (non-hydrogen) atoms. The van der Waals surface area contributed by atoms with Crippen molar-refractivity contribution in [1.82, 2.24) is 4.90 Å². The first-order valence-corrected chi connectivity index (χ1v) is 6.58. The maximum Gasteiger partial charge on any atom is 0.253 e. The molecule has 1 aliphatic heterocycles. The van der Waals surface area contributed by atoms with E-state index in [1.165, 1.54) is 6.42 Å². The van der Waals surface area contributed by atoms with Crippen LogP contribution in [0.15, 0.2) is 18.2 Å². The fourth-order valence-electron chi connectivity index (χ4n) is 2.19. The van der Waals surface area contributed by atoms with Gasteiger partial charge in [-0.25, -0.2) is 0 Å². The summed E-state index contributed by atoms with van der Waals surface area (Å²) in [5.74, 6) is 0.630. The van der Waals surface area contributed by atoms with Crippen molar-refractivity contribution in [2.24, 2.45) is 5.92 Å². The Bertz CT molecular complexity index is 433. The Morgan fingerprint density at radius 2 is 2.12 bits per heavy atom. The van der Waals surface area contributed by atoms with Gasteiger partial charge in [-0.2, -0.15) is 0 Å². The van der Waals surface area contributed by atoms with E-state index in [1.807, 2.05) is 4.90 Å². The molecule has 1 aromatic rings. The zero-order chi connectivity index (χ0) is 12.4. The lowest BCUT2D eigenvalue weighted by atomic mass is 9.99. The van der Waals surface area contributed by atoms with Gasteiger partial charge in [0.05, 0.1) is 10.0 Å². The molecule has 1 heterocycles. The first kappa shape index (κ1) is 12.7. The molecule has 0 radical (unpaired) electrons. The number of nitrogens with zero attached hydrogens (tertiary/aromatic N) is 1. The number of rotatable bonds is 1. The van der Waals surface area contributed by atoms with Crippen molar-refractivity contribution in [3.05, 3.63) is 33.8 Å². The Morgan fingerprint density at radius 1 is 1.35 bits per heavy atom. The zero-order valence-corrected chi connectivity index (χ0v) is 11.3. The van der Waals surface area contributed by atoms with Crippen LogP contribution < -0.4 is 0 Å². The van der Waals surface area contributed by atoms with Gasteiger partial charge in [-0.1, -0.05) is 30.1 Å². The Labute approximate surface area is 112 Å². The van der Waals surface area contributed by atoms with Gasteiger partial charge in [-0.3, -0.25) is 4.79 Å². The lowest BCUT2D eigenvalue weighted by Crippen LogP contribution is -2.39. The maximum atomic E-state index is 12.2. The minimum absolute atomic E-state index is 0.0510. The summed E-state index contributed by atoms with van der Waals surface area (Å²) in [5.41, 5.74) is 0.619. The van der Waals surface area contributed by atoms with Crippen molar-refractivity contribution in [3.63, 3.8) is 0 Å². The molecule has 1 fully saturated rings. The Kier molecular flexibility index (Phi) is 3.95. The van der Waals surface area contributed by atoms with E-state index in [1.54, 1.807) is 18.2 Å². The molecule has 1 aliphatic rings. The van der Waals surface area contributed by atoms with E-state index in [0.717, 1.165) is 19.5 Å². The molecule has 1 atom stereocenters. The summed E-state index contributed by atoms with van der Waals surface area (Å²) in [6, 6.07) is 5.05. The van der Waals surface area contributed by atoms with Crippen molar-refractivity contribution in [1.29, 1.82) is 0 Å². The van der Waals surface area contributed by atoms with Crippen molar-refractivity contribution in [3.8, 4) is 0 Å². The average Bonchev–Trinajstić information content (AvgIpc) is 2.32. The number of hydrogen-bond acceptors (Lipinski definition) is 1. The molecule has 2 nitrogen and oxygen atoms in total. The second kappa shape index (κ2) is 5.28. The monoisotopic (exact) mass is 271 g/mol. The predicted octanol–water partition coefficient (Wildman–Crippen LogP) is 3.87. The van der Waals surface area contributed by atoms with Crippen LogP contribution in [0, 0.1) is 5.92 Å². The lowest BCUT2D eigenvalue weighted by Gasteiger charge is -2.31. The standard InChI is InChI=1S/C13H15Cl2NO/c1-9-3-2-6-16(8-9)13(17)10-4-5-11(14)12(15)7-10/h4-5,7,9H,2-3,6,8H2,1H3/t9-/m1/s1. The van der Waals surface area contributed by atoms with E-state index in [4.69, 9.17) is 23.2 Å². The van der Waals surface area contributed by atoms with Gasteiger partial charge in [0, 0.05) is 18.7 Å². The quantitative estimate of drug-likeness (QED) is 0.760. The summed E-state index contributed by atoms with van der Waals surface area (Å²) in [4.78, 5) is 14.1. The molecule has 92 valence electrons. The van der Waals surface area contributed by atoms with Crippen LogP contribution in [0.25, 0.3) is 0 Å². The van der Waals surface area contributed by atoms with Crippen LogP contribution in [0.2, 0.25) is 10.0 Å². The molecule has 1 amide bonds. The Hall–Kier alpha value is -0.730. The number of benzene rings is 1. The summed E-state index contributed by atoms with van der Waals surface area (Å²) < 4.78 is 0. The number of carbonyl (C=O) groups is 1. The number of halogens is 2. The fourth-order valence-corrected chi connectivity index (χ4v) is 2.48. The number of likely N-dealkylation sites (tertiary alicyclic amines) is 1. The molecule has 2 rings (SSSR count). The van der Waals surface area contributed by atoms with Gasteiger partial charge >= 0.3 is 0 Å². The van der Waals surface area contributed by atoms with E-state index >= 15 is 0 Å². The molecule has 0 N–H and O–H groups in total. The Morgan fingerprint density at radius 3 is 2.76 bits per heavy atom. The summed E-state index contributed by atoms with van der Waals surface area (Å²) >= 11 is 11.8. The van der Waals surface area contributed by atoms with Gasteiger partial charge < -0.3 is 4.90 Å². The highest BCUT2D eigenvalue weighted by Gasteiger charge is 2.22. The SMILES string of the molecule is C[C@@H]1CCCN(C(=O)c2ccc(Cl)c(Cl)c2)C1. The van der Waals surface area contributed by atoms with Crippen LogP contribution >= 0.6 is 23.2 Å². The van der Waals surface area contributed by atoms with E-state index < -0.39 is 0 Å². The van der Waals surface area contributed by atoms with Crippen LogP contribution in [0.5, 0.6) is 0 Å². The van der Waals surface area contributed by atoms with Crippen LogP contribution in [0.3, 0.4) is 0 Å². The average molecular weight is 272 g/mol. The van der Waals surface area contributed by atoms with E-state index in [-0.39, 0.29) is 5.91 Å². The summed E-state index contributed by atoms with van der Waals surface area (Å²) in [6.45, 7) is 3.84. The second-order valence-corrected chi connectivity index (χ2v) is 5.44. The van der Waals surface area contributed by atoms with Crippen molar-refractivity contribution >= 4 is 29.1 Å². The van der Waals surface area contributed by atoms with Crippen molar-refractivity contribution in [2.75, 3.05) is 13.1 Å². The number of carbonyl (C=O) groups excluding carboxylic acids is 1. The zero-order valence-electron chi connectivity index (χ0n) is 9.75. The van der Waals surface area contributed by atoms with Gasteiger partial charge in [0.2, 0.25) is 0 Å². The molecule has 1 saturated heterocycles. The number of piperidine rings is 1. The highest BCUT2D eigenvalue weighted by Crippen LogP contribution is 2.24. The molecule has 0 spiro atoms. The van der Waals surface area contributed by atoms with E-state index in [0.29, 0.717) is 21.5 Å². The van der Waals surface area contributed by atoms with E-state index in [9.17, 15) is 4.79 Å². The van der Waals surface area contributed by atoms with Crippen molar-refractivity contribution < 1.29 is 4.79 Å². The molecule has 0 bridgehead atoms. The number of hydrogen-bond donors (Lipinski definition) is 0. The second-order valence-electron chi connectivity index (χ2n) is 4.63. The molecule has 0 aliphatic carbocycles. The maximum absolute atomic E-state index is 12.2. The summed E-state index contributed by atoms with van der Waals surface area (Å²) in [7, 11) is 0. The largest absolute Gasteiger partial charge is 0.338 e. The molecular weight excluding hydrogens is 257 g/mol. The van der Waals surface area contributed by atoms with E-state index in [2.05, 4.69) is 6.92 Å². The van der Waals surface area contributed by atoms with Crippen LogP contribution in [0.1, 0.15) is 30.1 Å². The van der Waals surface area contributed by atoms with Gasteiger partial charge in [0.15, 0.2) is 0 Å². The fraction of sp³-hybridized carbons (Fsp3) is 0.462. The lowest BCUT2D eigenvalue weighted by molar-refractivity contribution is 0.0683. The molecule has 1 aromatic carbocycles. The summed E-state index contributed by atoms with van der Waals surface area (Å²) in [5, 5.41) is 0.915. The summed E-state index contributed by atoms with van der Waals surface area (Å²) in [6.07, 6.45) is 2.28. The minimum Gasteiger partial charge on any atom is -0.338 e. The molecule has 4 heteroatoms. The smallest absolute Gasteiger partial charge is 0.253 e. The molecule has 0 aromatic heterocycles. The normalized spacial score (nSPS) is 20.4. The van der Waals surface area contributed by atoms with Crippen LogP contribution in [-0.4, -0.2) is 23.9 Å². The van der Waals surface area contributed by atoms with Gasteiger partial charge in [0.25, 0.3) is 5.91 Å². The highest BCUT2D eigenvalue weighted by molar-refractivity contribution is 6.42. The third-order valence-electron chi connectivity index (χ3n) is 3.11. The first-order chi connectivity index (χ1) is 8.08. The molecule has 0 saturated carbocycles. The topological polar surface area (TPSA) is 20.3 Å². The third kappa shape index (κ3) is 2.93. The number of amides is 1. The van der Waals surface area contributed by atoms with Gasteiger partial charge in [0.1, 0.15) is 0 Å². The van der Waals surface area contributed by atoms with Crippen LogP contribution in [-0.2, 0) is 0 Å². The minimum atomic E-state index is 0.0510. The van der Waals surface area contributed by atoms with Gasteiger partial charge in [-0.15, -0.1) is 0 Å².